The average molecular weight is 649 g/mol. The van der Waals surface area contributed by atoms with Gasteiger partial charge >= 0.3 is 0 Å². The molecule has 2 aromatic rings. The Hall–Kier alpha value is -2.27. The Morgan fingerprint density at radius 3 is 2.30 bits per heavy atom. The second-order valence-corrected chi connectivity index (χ2v) is 13.6. The fourth-order valence-corrected chi connectivity index (χ4v) is 7.82. The summed E-state index contributed by atoms with van der Waals surface area (Å²) < 4.78 is 42.6. The molecule has 2 saturated carbocycles. The number of anilines is 1. The highest BCUT2D eigenvalue weighted by molar-refractivity contribution is 7.89. The molecule has 10 heteroatoms. The van der Waals surface area contributed by atoms with Crippen LogP contribution in [0, 0.1) is 6.92 Å². The molecule has 248 valence electrons. The van der Waals surface area contributed by atoms with Gasteiger partial charge in [-0.15, -0.1) is 0 Å². The van der Waals surface area contributed by atoms with Crippen LogP contribution in [0.1, 0.15) is 111 Å². The number of sulfonamides is 1. The number of pyridine rings is 1. The summed E-state index contributed by atoms with van der Waals surface area (Å²) in [5.74, 6) is 0.935. The summed E-state index contributed by atoms with van der Waals surface area (Å²) in [5, 5.41) is 4.47. The lowest BCUT2D eigenvalue weighted by atomic mass is 9.95. The van der Waals surface area contributed by atoms with Crippen LogP contribution in [0.2, 0.25) is 0 Å². The van der Waals surface area contributed by atoms with E-state index in [0.29, 0.717) is 43.0 Å². The summed E-state index contributed by atoms with van der Waals surface area (Å²) in [6, 6.07) is 5.14. The lowest BCUT2D eigenvalue weighted by Gasteiger charge is -2.41. The quantitative estimate of drug-likeness (QED) is 0.175. The van der Waals surface area contributed by atoms with E-state index in [4.69, 9.17) is 27.4 Å². The summed E-state index contributed by atoms with van der Waals surface area (Å²) >= 11 is 5.03. The van der Waals surface area contributed by atoms with Crippen LogP contribution >= 0.6 is 12.2 Å². The van der Waals surface area contributed by atoms with Crippen molar-refractivity contribution in [2.45, 2.75) is 129 Å². The second-order valence-electron chi connectivity index (χ2n) is 11.3. The molecule has 44 heavy (non-hydrogen) atoms. The van der Waals surface area contributed by atoms with Crippen LogP contribution in [0.5, 0.6) is 0 Å². The molecule has 1 heterocycles. The van der Waals surface area contributed by atoms with Crippen molar-refractivity contribution in [2.75, 3.05) is 25.1 Å². The minimum Gasteiger partial charge on any atom is -0.497 e. The summed E-state index contributed by atoms with van der Waals surface area (Å²) in [6.07, 6.45) is 13.3. The van der Waals surface area contributed by atoms with Gasteiger partial charge in [-0.1, -0.05) is 85.3 Å². The molecular weight excluding hydrogens is 593 g/mol. The predicted molar refractivity (Wildman–Crippen MR) is 187 cm³/mol. The van der Waals surface area contributed by atoms with Gasteiger partial charge in [0.05, 0.1) is 29.8 Å². The zero-order chi connectivity index (χ0) is 32.8. The number of thiocarbonyl (C=S) groups is 1. The summed E-state index contributed by atoms with van der Waals surface area (Å²) in [4.78, 5) is 4.60. The fourth-order valence-electron chi connectivity index (χ4n) is 5.90. The highest BCUT2D eigenvalue weighted by Gasteiger charge is 2.49. The molecule has 2 aliphatic rings. The van der Waals surface area contributed by atoms with Crippen LogP contribution in [0.3, 0.4) is 0 Å². The third-order valence-electron chi connectivity index (χ3n) is 8.33. The SMILES string of the molecule is C=C(OCC)C1(N(CCOC2CCCCC2)S(=O)(=O)c2ccc3c(C)cnc(NC(N)=S)c3c2)CCCC1.CC.CCCC. The average Bonchev–Trinajstić information content (AvgIpc) is 3.53. The normalized spacial score (nSPS) is 16.4. The highest BCUT2D eigenvalue weighted by atomic mass is 32.2. The third-order valence-corrected chi connectivity index (χ3v) is 10.4. The molecule has 0 saturated heterocycles. The van der Waals surface area contributed by atoms with E-state index in [-0.39, 0.29) is 22.7 Å². The number of hydrogen-bond donors (Lipinski definition) is 2. The van der Waals surface area contributed by atoms with Crippen molar-refractivity contribution in [2.24, 2.45) is 5.73 Å². The van der Waals surface area contributed by atoms with Gasteiger partial charge in [0.15, 0.2) is 5.11 Å². The molecule has 1 aromatic heterocycles. The first-order valence-electron chi connectivity index (χ1n) is 16.5. The standard InChI is InChI=1S/C28H40N4O4S2.C4H10.C2H6/c1-4-35-21(3)28(14-8-9-15-28)32(16-17-36-22-10-6-5-7-11-22)38(33,34)23-12-13-24-20(2)19-30-26(25(24)18-23)31-27(29)37;1-3-4-2;1-2/h12-13,18-19,22H,3-11,14-17H2,1-2H3,(H3,29,30,31,37);3-4H2,1-2H3;1-2H3. The number of benzene rings is 1. The summed E-state index contributed by atoms with van der Waals surface area (Å²) in [7, 11) is -3.97. The maximum Gasteiger partial charge on any atom is 0.244 e. The van der Waals surface area contributed by atoms with Gasteiger partial charge in [0.2, 0.25) is 10.0 Å². The number of nitrogens with one attached hydrogen (secondary N) is 1. The van der Waals surface area contributed by atoms with Gasteiger partial charge in [0.25, 0.3) is 0 Å². The molecule has 1 aromatic carbocycles. The Labute approximate surface area is 272 Å². The third kappa shape index (κ3) is 9.61. The number of nitrogens with two attached hydrogens (primary N) is 1. The van der Waals surface area contributed by atoms with E-state index in [1.165, 1.54) is 19.3 Å². The number of unbranched alkanes of at least 4 members (excludes halogenated alkanes) is 1. The number of rotatable bonds is 12. The smallest absolute Gasteiger partial charge is 0.244 e. The number of ether oxygens (including phenoxy) is 2. The largest absolute Gasteiger partial charge is 0.497 e. The van der Waals surface area contributed by atoms with Crippen molar-refractivity contribution in [3.05, 3.63) is 42.3 Å². The number of fused-ring (bicyclic) bond motifs is 1. The second kappa shape index (κ2) is 18.6. The molecular formula is C34H56N4O4S2. The molecule has 0 radical (unpaired) electrons. The molecule has 2 aliphatic carbocycles. The van der Waals surface area contributed by atoms with Crippen molar-refractivity contribution >= 4 is 43.9 Å². The fraction of sp³-hybridized carbons (Fsp3) is 0.647. The molecule has 0 aliphatic heterocycles. The lowest BCUT2D eigenvalue weighted by Crippen LogP contribution is -2.53. The molecule has 2 fully saturated rings. The topological polar surface area (TPSA) is 107 Å². The molecule has 3 N–H and O–H groups in total. The van der Waals surface area contributed by atoms with Crippen molar-refractivity contribution in [3.63, 3.8) is 0 Å². The van der Waals surface area contributed by atoms with Crippen LogP contribution in [0.25, 0.3) is 10.8 Å². The van der Waals surface area contributed by atoms with Crippen LogP contribution in [-0.4, -0.2) is 54.2 Å². The number of nitrogens with zero attached hydrogens (tertiary/aromatic N) is 2. The van der Waals surface area contributed by atoms with Gasteiger partial charge in [0.1, 0.15) is 11.6 Å². The Bertz CT molecular complexity index is 1300. The molecule has 0 unspecified atom stereocenters. The minimum absolute atomic E-state index is 0.0651. The minimum atomic E-state index is -3.97. The first kappa shape index (κ1) is 37.9. The molecule has 0 spiro atoms. The highest BCUT2D eigenvalue weighted by Crippen LogP contribution is 2.44. The summed E-state index contributed by atoms with van der Waals surface area (Å²) in [6.45, 7) is 17.4. The van der Waals surface area contributed by atoms with E-state index in [1.54, 1.807) is 22.6 Å². The Balaban J connectivity index is 0.00000104. The molecule has 4 rings (SSSR count). The van der Waals surface area contributed by atoms with Crippen molar-refractivity contribution in [1.82, 2.24) is 9.29 Å². The van der Waals surface area contributed by atoms with Crippen molar-refractivity contribution in [3.8, 4) is 0 Å². The van der Waals surface area contributed by atoms with Crippen molar-refractivity contribution < 1.29 is 17.9 Å². The van der Waals surface area contributed by atoms with Gasteiger partial charge in [-0.3, -0.25) is 0 Å². The number of aromatic nitrogens is 1. The maximum atomic E-state index is 14.5. The number of aryl methyl sites for hydroxylation is 1. The van der Waals surface area contributed by atoms with E-state index in [9.17, 15) is 8.42 Å². The molecule has 0 bridgehead atoms. The Kier molecular flexibility index (Phi) is 16.1. The molecule has 8 nitrogen and oxygen atoms in total. The zero-order valence-electron chi connectivity index (χ0n) is 27.9. The molecule has 0 atom stereocenters. The van der Waals surface area contributed by atoms with Gasteiger partial charge in [-0.25, -0.2) is 13.4 Å². The van der Waals surface area contributed by atoms with E-state index < -0.39 is 15.6 Å². The van der Waals surface area contributed by atoms with E-state index >= 15 is 0 Å². The molecule has 0 amide bonds. The van der Waals surface area contributed by atoms with Gasteiger partial charge in [0, 0.05) is 18.1 Å². The lowest BCUT2D eigenvalue weighted by molar-refractivity contribution is 0.0118. The first-order chi connectivity index (χ1) is 21.1. The number of hydrogen-bond acceptors (Lipinski definition) is 6. The van der Waals surface area contributed by atoms with Crippen LogP contribution in [0.4, 0.5) is 5.82 Å². The monoisotopic (exact) mass is 648 g/mol. The van der Waals surface area contributed by atoms with Gasteiger partial charge < -0.3 is 20.5 Å². The zero-order valence-corrected chi connectivity index (χ0v) is 29.5. The Morgan fingerprint density at radius 2 is 1.73 bits per heavy atom. The van der Waals surface area contributed by atoms with Crippen LogP contribution in [-0.2, 0) is 19.5 Å². The Morgan fingerprint density at radius 1 is 1.09 bits per heavy atom. The van der Waals surface area contributed by atoms with E-state index in [2.05, 4.69) is 30.7 Å². The maximum absolute atomic E-state index is 14.5. The van der Waals surface area contributed by atoms with Gasteiger partial charge in [-0.2, -0.15) is 4.31 Å². The van der Waals surface area contributed by atoms with Crippen molar-refractivity contribution in [1.29, 1.82) is 0 Å². The van der Waals surface area contributed by atoms with E-state index in [0.717, 1.165) is 49.5 Å². The van der Waals surface area contributed by atoms with E-state index in [1.807, 2.05) is 33.8 Å². The summed E-state index contributed by atoms with van der Waals surface area (Å²) in [5.41, 5.74) is 5.83. The predicted octanol–water partition coefficient (Wildman–Crippen LogP) is 8.23. The van der Waals surface area contributed by atoms with Crippen LogP contribution in [0.15, 0.2) is 41.6 Å². The van der Waals surface area contributed by atoms with Crippen LogP contribution < -0.4 is 11.1 Å². The van der Waals surface area contributed by atoms with Gasteiger partial charge in [-0.05, 0) is 74.8 Å². The first-order valence-corrected chi connectivity index (χ1v) is 18.4.